The van der Waals surface area contributed by atoms with Crippen LogP contribution in [0.25, 0.3) is 22.2 Å². The molecule has 4 aromatic rings. The maximum absolute atomic E-state index is 10.4. The van der Waals surface area contributed by atoms with Crippen molar-refractivity contribution in [2.45, 2.75) is 13.5 Å². The zero-order chi connectivity index (χ0) is 20.9. The van der Waals surface area contributed by atoms with Gasteiger partial charge in [0.05, 0.1) is 24.8 Å². The Bertz CT molecular complexity index is 1240. The minimum absolute atomic E-state index is 0.107. The van der Waals surface area contributed by atoms with Gasteiger partial charge in [-0.3, -0.25) is 4.98 Å². The van der Waals surface area contributed by atoms with E-state index >= 15 is 0 Å². The molecule has 0 spiro atoms. The summed E-state index contributed by atoms with van der Waals surface area (Å²) in [5, 5.41) is 24.0. The molecule has 11 heteroatoms. The number of hydrogen-bond donors (Lipinski definition) is 2. The second-order valence-electron chi connectivity index (χ2n) is 6.42. The number of nitrogens with one attached hydrogen (secondary N) is 1. The van der Waals surface area contributed by atoms with Crippen LogP contribution in [0.3, 0.4) is 0 Å². The van der Waals surface area contributed by atoms with Gasteiger partial charge in [0.25, 0.3) is 0 Å². The van der Waals surface area contributed by atoms with Crippen molar-refractivity contribution in [2.24, 2.45) is 5.16 Å². The molecule has 1 amide bonds. The third-order valence-electron chi connectivity index (χ3n) is 4.27. The molecule has 0 unspecified atom stereocenters. The smallest absolute Gasteiger partial charge is 0.404 e. The first-order valence-electron chi connectivity index (χ1n) is 9.14. The van der Waals surface area contributed by atoms with E-state index in [9.17, 15) is 4.79 Å². The second-order valence-corrected chi connectivity index (χ2v) is 6.42. The number of amides is 1. The molecule has 0 radical (unpaired) electrons. The van der Waals surface area contributed by atoms with Gasteiger partial charge in [0.1, 0.15) is 18.0 Å². The van der Waals surface area contributed by atoms with Crippen LogP contribution in [0.2, 0.25) is 0 Å². The van der Waals surface area contributed by atoms with Crippen molar-refractivity contribution < 1.29 is 14.7 Å². The summed E-state index contributed by atoms with van der Waals surface area (Å²) in [4.78, 5) is 28.7. The van der Waals surface area contributed by atoms with Crippen molar-refractivity contribution in [2.75, 3.05) is 13.2 Å². The molecule has 1 aromatic carbocycles. The van der Waals surface area contributed by atoms with Crippen LogP contribution in [0, 0.1) is 0 Å². The van der Waals surface area contributed by atoms with Gasteiger partial charge >= 0.3 is 6.09 Å². The number of hydrogen-bond acceptors (Lipinski definition) is 8. The molecule has 0 aliphatic carbocycles. The highest BCUT2D eigenvalue weighted by Crippen LogP contribution is 2.15. The summed E-state index contributed by atoms with van der Waals surface area (Å²) >= 11 is 0. The molecule has 3 aromatic heterocycles. The van der Waals surface area contributed by atoms with Gasteiger partial charge in [0, 0.05) is 11.6 Å². The van der Waals surface area contributed by atoms with Gasteiger partial charge in [-0.15, -0.1) is 5.10 Å². The standard InChI is InChI=1S/C19H18N8O3/c1-12(25-30-8-7-21-19(28)29)16-10-22-17-18(23-16)27(26-24-17)11-13-4-5-15-14(9-13)3-2-6-20-15/h2-6,9-10,21H,7-8,11H2,1H3,(H,28,29)/b25-12-. The molecule has 0 fully saturated rings. The number of nitrogens with zero attached hydrogens (tertiary/aromatic N) is 7. The summed E-state index contributed by atoms with van der Waals surface area (Å²) in [7, 11) is 0. The fourth-order valence-corrected chi connectivity index (χ4v) is 2.83. The molecular weight excluding hydrogens is 388 g/mol. The molecule has 0 aliphatic heterocycles. The number of rotatable bonds is 7. The Morgan fingerprint density at radius 2 is 2.20 bits per heavy atom. The molecular formula is C19H18N8O3. The molecule has 0 atom stereocenters. The van der Waals surface area contributed by atoms with Gasteiger partial charge in [-0.25, -0.2) is 19.4 Å². The average Bonchev–Trinajstić information content (AvgIpc) is 3.15. The van der Waals surface area contributed by atoms with Crippen molar-refractivity contribution in [3.8, 4) is 0 Å². The van der Waals surface area contributed by atoms with Crippen molar-refractivity contribution in [1.29, 1.82) is 0 Å². The first-order chi connectivity index (χ1) is 14.6. The topological polar surface area (TPSA) is 140 Å². The molecule has 3 heterocycles. The quantitative estimate of drug-likeness (QED) is 0.269. The van der Waals surface area contributed by atoms with Crippen LogP contribution in [0.15, 0.2) is 47.9 Å². The molecule has 0 bridgehead atoms. The van der Waals surface area contributed by atoms with E-state index in [4.69, 9.17) is 9.94 Å². The van der Waals surface area contributed by atoms with E-state index in [-0.39, 0.29) is 13.2 Å². The summed E-state index contributed by atoms with van der Waals surface area (Å²) in [6, 6.07) is 9.92. The fourth-order valence-electron chi connectivity index (χ4n) is 2.83. The van der Waals surface area contributed by atoms with E-state index in [1.807, 2.05) is 24.3 Å². The van der Waals surface area contributed by atoms with Gasteiger partial charge < -0.3 is 15.3 Å². The summed E-state index contributed by atoms with van der Waals surface area (Å²) < 4.78 is 1.67. The van der Waals surface area contributed by atoms with Crippen molar-refractivity contribution in [3.05, 3.63) is 54.0 Å². The van der Waals surface area contributed by atoms with Crippen LogP contribution in [0.4, 0.5) is 4.79 Å². The fraction of sp³-hybridized carbons (Fsp3) is 0.211. The van der Waals surface area contributed by atoms with Gasteiger partial charge in [-0.2, -0.15) is 0 Å². The largest absolute Gasteiger partial charge is 0.465 e. The second kappa shape index (κ2) is 8.47. The van der Waals surface area contributed by atoms with Crippen molar-refractivity contribution in [3.63, 3.8) is 0 Å². The monoisotopic (exact) mass is 406 g/mol. The first-order valence-corrected chi connectivity index (χ1v) is 9.14. The lowest BCUT2D eigenvalue weighted by Crippen LogP contribution is -2.24. The maximum atomic E-state index is 10.4. The van der Waals surface area contributed by atoms with Crippen molar-refractivity contribution >= 4 is 34.0 Å². The molecule has 0 saturated heterocycles. The Hall–Kier alpha value is -4.15. The number of pyridine rings is 1. The Kier molecular flexibility index (Phi) is 5.42. The van der Waals surface area contributed by atoms with Gasteiger partial charge in [-0.1, -0.05) is 22.5 Å². The Morgan fingerprint density at radius 1 is 1.30 bits per heavy atom. The zero-order valence-corrected chi connectivity index (χ0v) is 16.1. The first kappa shape index (κ1) is 19.2. The van der Waals surface area contributed by atoms with Crippen LogP contribution in [0.5, 0.6) is 0 Å². The predicted octanol–water partition coefficient (Wildman–Crippen LogP) is 1.83. The van der Waals surface area contributed by atoms with Gasteiger partial charge in [-0.05, 0) is 30.7 Å². The number of fused-ring (bicyclic) bond motifs is 2. The number of benzene rings is 1. The van der Waals surface area contributed by atoms with E-state index < -0.39 is 6.09 Å². The Labute approximate surface area is 170 Å². The third-order valence-corrected chi connectivity index (χ3v) is 4.27. The van der Waals surface area contributed by atoms with Crippen LogP contribution in [-0.2, 0) is 11.4 Å². The number of aromatic nitrogens is 6. The molecule has 0 saturated carbocycles. The lowest BCUT2D eigenvalue weighted by atomic mass is 10.1. The van der Waals surface area contributed by atoms with Crippen molar-refractivity contribution in [1.82, 2.24) is 35.3 Å². The van der Waals surface area contributed by atoms with Crippen LogP contribution < -0.4 is 5.32 Å². The van der Waals surface area contributed by atoms with Crippen LogP contribution >= 0.6 is 0 Å². The Morgan fingerprint density at radius 3 is 3.07 bits per heavy atom. The highest BCUT2D eigenvalue weighted by atomic mass is 16.6. The Balaban J connectivity index is 1.52. The third kappa shape index (κ3) is 4.29. The summed E-state index contributed by atoms with van der Waals surface area (Å²) in [6.45, 7) is 2.45. The minimum atomic E-state index is -1.11. The van der Waals surface area contributed by atoms with Crippen LogP contribution in [0.1, 0.15) is 18.2 Å². The predicted molar refractivity (Wildman–Crippen MR) is 108 cm³/mol. The van der Waals surface area contributed by atoms with Gasteiger partial charge in [0.15, 0.2) is 5.65 Å². The average molecular weight is 406 g/mol. The summed E-state index contributed by atoms with van der Waals surface area (Å²) in [5.41, 5.74) is 3.94. The highest BCUT2D eigenvalue weighted by molar-refractivity contribution is 5.97. The number of carbonyl (C=O) groups is 1. The summed E-state index contributed by atoms with van der Waals surface area (Å²) in [5.74, 6) is 0. The van der Waals surface area contributed by atoms with Crippen LogP contribution in [-0.4, -0.2) is 60.0 Å². The van der Waals surface area contributed by atoms with E-state index in [0.29, 0.717) is 29.2 Å². The molecule has 2 N–H and O–H groups in total. The van der Waals surface area contributed by atoms with E-state index in [1.165, 1.54) is 0 Å². The van der Waals surface area contributed by atoms with E-state index in [1.54, 1.807) is 24.0 Å². The minimum Gasteiger partial charge on any atom is -0.465 e. The molecule has 11 nitrogen and oxygen atoms in total. The van der Waals surface area contributed by atoms with E-state index in [2.05, 4.69) is 41.8 Å². The zero-order valence-electron chi connectivity index (χ0n) is 16.1. The molecule has 4 rings (SSSR count). The maximum Gasteiger partial charge on any atom is 0.404 e. The number of carboxylic acid groups (broad SMARTS) is 1. The SMILES string of the molecule is C/C(=N/OCCNC(=O)O)c1cnc2nnn(Cc3ccc4ncccc4c3)c2n1. The normalized spacial score (nSPS) is 11.7. The summed E-state index contributed by atoms with van der Waals surface area (Å²) in [6.07, 6.45) is 2.19. The molecule has 152 valence electrons. The lowest BCUT2D eigenvalue weighted by molar-refractivity contribution is 0.141. The molecule has 30 heavy (non-hydrogen) atoms. The lowest BCUT2D eigenvalue weighted by Gasteiger charge is -2.05. The molecule has 0 aliphatic rings. The number of oxime groups is 1. The van der Waals surface area contributed by atoms with E-state index in [0.717, 1.165) is 16.5 Å². The van der Waals surface area contributed by atoms with Gasteiger partial charge in [0.2, 0.25) is 5.65 Å². The highest BCUT2D eigenvalue weighted by Gasteiger charge is 2.11.